The Bertz CT molecular complexity index is 798. The van der Waals surface area contributed by atoms with Crippen LogP contribution in [-0.2, 0) is 10.0 Å². The minimum atomic E-state index is -3.84. The maximum atomic E-state index is 13.3. The average Bonchev–Trinajstić information content (AvgIpc) is 2.83. The summed E-state index contributed by atoms with van der Waals surface area (Å²) in [5.74, 6) is 0. The minimum absolute atomic E-state index is 0.0645. The second-order valence-electron chi connectivity index (χ2n) is 5.39. The number of sulfonamides is 1. The zero-order chi connectivity index (χ0) is 16.4. The topological polar surface area (TPSA) is 62.3 Å². The van der Waals surface area contributed by atoms with Crippen molar-refractivity contribution in [1.29, 1.82) is 0 Å². The summed E-state index contributed by atoms with van der Waals surface area (Å²) >= 11 is 0. The van der Waals surface area contributed by atoms with E-state index in [1.807, 2.05) is 0 Å². The lowest BCUT2D eigenvalue weighted by atomic mass is 10.1. The number of hydrogen-bond acceptors (Lipinski definition) is 4. The molecule has 23 heavy (non-hydrogen) atoms. The molecule has 1 aromatic heterocycles. The third kappa shape index (κ3) is 3.06. The molecule has 0 radical (unpaired) electrons. The molecule has 0 aliphatic carbocycles. The van der Waals surface area contributed by atoms with Crippen LogP contribution in [0.15, 0.2) is 35.5 Å². The average molecular weight is 341 g/mol. The van der Waals surface area contributed by atoms with Gasteiger partial charge in [0.25, 0.3) is 6.43 Å². The van der Waals surface area contributed by atoms with Gasteiger partial charge >= 0.3 is 0 Å². The Morgan fingerprint density at radius 1 is 1.17 bits per heavy atom. The standard InChI is InChI=1S/C15H17F2N3O2S/c16-15(17)12-10-19-9-11-3-1-4-13(14(11)12)23(21,22)20-7-2-5-18-6-8-20/h1,3-4,9-10,15,18H,2,5-8H2. The van der Waals surface area contributed by atoms with Crippen LogP contribution in [0.4, 0.5) is 8.78 Å². The highest BCUT2D eigenvalue weighted by Gasteiger charge is 2.28. The van der Waals surface area contributed by atoms with Crippen molar-refractivity contribution in [2.75, 3.05) is 26.2 Å². The van der Waals surface area contributed by atoms with E-state index in [4.69, 9.17) is 0 Å². The number of rotatable bonds is 3. The molecular formula is C15H17F2N3O2S. The van der Waals surface area contributed by atoms with E-state index < -0.39 is 16.4 Å². The molecule has 0 atom stereocenters. The molecule has 0 amide bonds. The zero-order valence-corrected chi connectivity index (χ0v) is 13.2. The van der Waals surface area contributed by atoms with Gasteiger partial charge in [0.2, 0.25) is 10.0 Å². The first-order valence-corrected chi connectivity index (χ1v) is 8.81. The van der Waals surface area contributed by atoms with Gasteiger partial charge in [-0.15, -0.1) is 0 Å². The molecule has 0 spiro atoms. The van der Waals surface area contributed by atoms with Gasteiger partial charge < -0.3 is 5.32 Å². The third-order valence-electron chi connectivity index (χ3n) is 3.93. The summed E-state index contributed by atoms with van der Waals surface area (Å²) < 4.78 is 53.9. The summed E-state index contributed by atoms with van der Waals surface area (Å²) in [7, 11) is -3.84. The van der Waals surface area contributed by atoms with Gasteiger partial charge in [-0.2, -0.15) is 4.31 Å². The quantitative estimate of drug-likeness (QED) is 0.929. The number of fused-ring (bicyclic) bond motifs is 1. The lowest BCUT2D eigenvalue weighted by Gasteiger charge is -2.21. The fraction of sp³-hybridized carbons (Fsp3) is 0.400. The number of nitrogens with zero attached hydrogens (tertiary/aromatic N) is 2. The van der Waals surface area contributed by atoms with Crippen LogP contribution in [0.25, 0.3) is 10.8 Å². The van der Waals surface area contributed by atoms with Gasteiger partial charge in [0.15, 0.2) is 0 Å². The SMILES string of the molecule is O=S(=O)(c1cccc2cncc(C(F)F)c12)N1CCCNCC1. The van der Waals surface area contributed by atoms with Crippen LogP contribution < -0.4 is 5.32 Å². The second-order valence-corrected chi connectivity index (χ2v) is 7.30. The molecule has 2 heterocycles. The molecule has 1 aromatic carbocycles. The maximum absolute atomic E-state index is 13.3. The predicted molar refractivity (Wildman–Crippen MR) is 82.9 cm³/mol. The van der Waals surface area contributed by atoms with Crippen molar-refractivity contribution >= 4 is 20.8 Å². The Hall–Kier alpha value is -1.64. The normalized spacial score (nSPS) is 17.5. The summed E-state index contributed by atoms with van der Waals surface area (Å²) in [5.41, 5.74) is -0.352. The van der Waals surface area contributed by atoms with Crippen molar-refractivity contribution in [2.24, 2.45) is 0 Å². The molecule has 5 nitrogen and oxygen atoms in total. The van der Waals surface area contributed by atoms with Gasteiger partial charge in [-0.1, -0.05) is 12.1 Å². The molecule has 0 unspecified atom stereocenters. The monoisotopic (exact) mass is 341 g/mol. The number of aromatic nitrogens is 1. The largest absolute Gasteiger partial charge is 0.315 e. The van der Waals surface area contributed by atoms with Gasteiger partial charge in [0.05, 0.1) is 4.90 Å². The van der Waals surface area contributed by atoms with Gasteiger partial charge in [0, 0.05) is 48.4 Å². The first kappa shape index (κ1) is 16.2. The van der Waals surface area contributed by atoms with E-state index >= 15 is 0 Å². The summed E-state index contributed by atoms with van der Waals surface area (Å²) in [6, 6.07) is 4.54. The fourth-order valence-corrected chi connectivity index (χ4v) is 4.53. The third-order valence-corrected chi connectivity index (χ3v) is 5.87. The fourth-order valence-electron chi connectivity index (χ4n) is 2.81. The van der Waals surface area contributed by atoms with Crippen molar-refractivity contribution in [3.63, 3.8) is 0 Å². The maximum Gasteiger partial charge on any atom is 0.265 e. The summed E-state index contributed by atoms with van der Waals surface area (Å²) in [4.78, 5) is 3.71. The number of nitrogens with one attached hydrogen (secondary N) is 1. The van der Waals surface area contributed by atoms with Gasteiger partial charge in [0.1, 0.15) is 0 Å². The van der Waals surface area contributed by atoms with Crippen LogP contribution >= 0.6 is 0 Å². The van der Waals surface area contributed by atoms with Crippen LogP contribution in [0.5, 0.6) is 0 Å². The summed E-state index contributed by atoms with van der Waals surface area (Å²) in [6.45, 7) is 2.00. The predicted octanol–water partition coefficient (Wildman–Crippen LogP) is 2.16. The molecule has 1 aliphatic heterocycles. The van der Waals surface area contributed by atoms with Crippen molar-refractivity contribution in [3.8, 4) is 0 Å². The molecule has 124 valence electrons. The van der Waals surface area contributed by atoms with Gasteiger partial charge in [-0.05, 0) is 19.0 Å². The van der Waals surface area contributed by atoms with Crippen molar-refractivity contribution in [3.05, 3.63) is 36.2 Å². The Labute approximate surface area is 133 Å². The second kappa shape index (κ2) is 6.46. The number of halogens is 2. The zero-order valence-electron chi connectivity index (χ0n) is 12.4. The van der Waals surface area contributed by atoms with Crippen LogP contribution in [0.1, 0.15) is 18.4 Å². The molecule has 1 aliphatic rings. The molecule has 0 bridgehead atoms. The van der Waals surface area contributed by atoms with E-state index in [2.05, 4.69) is 10.3 Å². The minimum Gasteiger partial charge on any atom is -0.315 e. The van der Waals surface area contributed by atoms with E-state index in [1.54, 1.807) is 12.1 Å². The first-order chi connectivity index (χ1) is 11.0. The van der Waals surface area contributed by atoms with Crippen LogP contribution in [0.3, 0.4) is 0 Å². The molecule has 1 N–H and O–H groups in total. The first-order valence-electron chi connectivity index (χ1n) is 7.37. The molecule has 3 rings (SSSR count). The van der Waals surface area contributed by atoms with E-state index in [1.165, 1.54) is 16.6 Å². The van der Waals surface area contributed by atoms with E-state index in [0.29, 0.717) is 31.4 Å². The Morgan fingerprint density at radius 2 is 2.00 bits per heavy atom. The van der Waals surface area contributed by atoms with Gasteiger partial charge in [-0.25, -0.2) is 17.2 Å². The molecule has 1 saturated heterocycles. The number of alkyl halides is 2. The van der Waals surface area contributed by atoms with Crippen molar-refractivity contribution < 1.29 is 17.2 Å². The highest BCUT2D eigenvalue weighted by Crippen LogP contribution is 2.33. The van der Waals surface area contributed by atoms with Crippen molar-refractivity contribution in [1.82, 2.24) is 14.6 Å². The van der Waals surface area contributed by atoms with Crippen LogP contribution in [0.2, 0.25) is 0 Å². The Morgan fingerprint density at radius 3 is 2.78 bits per heavy atom. The summed E-state index contributed by atoms with van der Waals surface area (Å²) in [6.07, 6.45) is 0.348. The van der Waals surface area contributed by atoms with Crippen molar-refractivity contribution in [2.45, 2.75) is 17.7 Å². The molecule has 8 heteroatoms. The van der Waals surface area contributed by atoms with E-state index in [9.17, 15) is 17.2 Å². The number of benzene rings is 1. The number of pyridine rings is 1. The van der Waals surface area contributed by atoms with Crippen LogP contribution in [-0.4, -0.2) is 43.9 Å². The smallest absolute Gasteiger partial charge is 0.265 e. The molecule has 1 fully saturated rings. The lowest BCUT2D eigenvalue weighted by molar-refractivity contribution is 0.152. The number of hydrogen-bond donors (Lipinski definition) is 1. The van der Waals surface area contributed by atoms with E-state index in [-0.39, 0.29) is 15.8 Å². The van der Waals surface area contributed by atoms with Gasteiger partial charge in [-0.3, -0.25) is 4.98 Å². The highest BCUT2D eigenvalue weighted by molar-refractivity contribution is 7.89. The van der Waals surface area contributed by atoms with Crippen LogP contribution in [0, 0.1) is 0 Å². The molecule has 2 aromatic rings. The molecular weight excluding hydrogens is 324 g/mol. The Balaban J connectivity index is 2.18. The highest BCUT2D eigenvalue weighted by atomic mass is 32.2. The Kier molecular flexibility index (Phi) is 4.56. The van der Waals surface area contributed by atoms with E-state index in [0.717, 1.165) is 12.7 Å². The molecule has 0 saturated carbocycles. The summed E-state index contributed by atoms with van der Waals surface area (Å²) in [5, 5.41) is 3.60. The lowest BCUT2D eigenvalue weighted by Crippen LogP contribution is -2.34.